The normalized spacial score (nSPS) is 23.9. The average Bonchev–Trinajstić information content (AvgIpc) is 2.48. The molecular formula is C16H16O5. The van der Waals surface area contributed by atoms with E-state index in [0.717, 1.165) is 12.2 Å². The van der Waals surface area contributed by atoms with Crippen LogP contribution in [-0.2, 0) is 4.74 Å². The lowest BCUT2D eigenvalue weighted by atomic mass is 9.86. The number of hydrogen-bond acceptors (Lipinski definition) is 5. The summed E-state index contributed by atoms with van der Waals surface area (Å²) in [6, 6.07) is 8.45. The van der Waals surface area contributed by atoms with Crippen LogP contribution >= 0.6 is 0 Å². The summed E-state index contributed by atoms with van der Waals surface area (Å²) >= 11 is 0. The van der Waals surface area contributed by atoms with Crippen molar-refractivity contribution < 1.29 is 24.9 Å². The summed E-state index contributed by atoms with van der Waals surface area (Å²) in [5.41, 5.74) is -1.72. The minimum atomic E-state index is -2.65. The second kappa shape index (κ2) is 5.65. The molecule has 1 aromatic carbocycles. The minimum absolute atomic E-state index is 0.218. The van der Waals surface area contributed by atoms with Gasteiger partial charge in [-0.1, -0.05) is 36.4 Å². The Morgan fingerprint density at radius 2 is 1.86 bits per heavy atom. The maximum absolute atomic E-state index is 12.0. The van der Waals surface area contributed by atoms with Gasteiger partial charge in [0, 0.05) is 5.56 Å². The van der Waals surface area contributed by atoms with Crippen LogP contribution in [0.5, 0.6) is 0 Å². The van der Waals surface area contributed by atoms with Crippen molar-refractivity contribution in [3.63, 3.8) is 0 Å². The molecule has 5 heteroatoms. The Labute approximate surface area is 122 Å². The van der Waals surface area contributed by atoms with E-state index in [1.165, 1.54) is 25.3 Å². The van der Waals surface area contributed by atoms with Crippen molar-refractivity contribution in [2.24, 2.45) is 0 Å². The van der Waals surface area contributed by atoms with Crippen molar-refractivity contribution in [3.8, 4) is 0 Å². The molecule has 0 aliphatic heterocycles. The molecule has 0 bridgehead atoms. The van der Waals surface area contributed by atoms with Crippen LogP contribution in [0.25, 0.3) is 0 Å². The van der Waals surface area contributed by atoms with E-state index in [1.807, 2.05) is 0 Å². The van der Waals surface area contributed by atoms with E-state index in [2.05, 4.69) is 0 Å². The second-order valence-corrected chi connectivity index (χ2v) is 4.66. The Balaban J connectivity index is 2.26. The molecule has 0 saturated heterocycles. The van der Waals surface area contributed by atoms with E-state index < -0.39 is 11.4 Å². The molecule has 0 radical (unpaired) electrons. The van der Waals surface area contributed by atoms with E-state index in [4.69, 9.17) is 4.74 Å². The lowest BCUT2D eigenvalue weighted by Gasteiger charge is -2.37. The maximum Gasteiger partial charge on any atom is 0.260 e. The van der Waals surface area contributed by atoms with E-state index >= 15 is 0 Å². The highest BCUT2D eigenvalue weighted by Gasteiger charge is 2.50. The van der Waals surface area contributed by atoms with Gasteiger partial charge in [0.15, 0.2) is 17.1 Å². The molecule has 1 aromatic rings. The van der Waals surface area contributed by atoms with Crippen LogP contribution in [0.2, 0.25) is 0 Å². The molecule has 0 saturated carbocycles. The average molecular weight is 288 g/mol. The number of hydrogen-bond donors (Lipinski definition) is 3. The number of allylic oxidation sites excluding steroid dienone is 3. The van der Waals surface area contributed by atoms with Gasteiger partial charge in [-0.15, -0.1) is 0 Å². The molecule has 110 valence electrons. The molecule has 0 heterocycles. The number of carbonyl (C=O) groups excluding carboxylic acids is 1. The molecule has 0 spiro atoms. The monoisotopic (exact) mass is 288 g/mol. The summed E-state index contributed by atoms with van der Waals surface area (Å²) in [6.45, 7) is 0. The molecule has 5 nitrogen and oxygen atoms in total. The van der Waals surface area contributed by atoms with Crippen LogP contribution < -0.4 is 0 Å². The molecule has 1 atom stereocenters. The summed E-state index contributed by atoms with van der Waals surface area (Å²) in [5, 5.41) is 30.4. The van der Waals surface area contributed by atoms with Gasteiger partial charge in [0.2, 0.25) is 0 Å². The van der Waals surface area contributed by atoms with Gasteiger partial charge in [-0.3, -0.25) is 4.79 Å². The smallest absolute Gasteiger partial charge is 0.260 e. The minimum Gasteiger partial charge on any atom is -0.495 e. The molecule has 2 rings (SSSR count). The first-order chi connectivity index (χ1) is 9.90. The highest BCUT2D eigenvalue weighted by atomic mass is 16.6. The Morgan fingerprint density at radius 1 is 1.19 bits per heavy atom. The number of rotatable bonds is 4. The highest BCUT2D eigenvalue weighted by molar-refractivity contribution is 6.04. The summed E-state index contributed by atoms with van der Waals surface area (Å²) in [5.74, 6) is -3.23. The lowest BCUT2D eigenvalue weighted by molar-refractivity contribution is -0.233. The number of ketones is 1. The summed E-state index contributed by atoms with van der Waals surface area (Å²) in [7, 11) is 1.26. The topological polar surface area (TPSA) is 87.0 Å². The number of methoxy groups -OCH3 is 1. The summed E-state index contributed by atoms with van der Waals surface area (Å²) < 4.78 is 4.82. The largest absolute Gasteiger partial charge is 0.495 e. The first-order valence-corrected chi connectivity index (χ1v) is 6.30. The Morgan fingerprint density at radius 3 is 2.48 bits per heavy atom. The Kier molecular flexibility index (Phi) is 4.09. The van der Waals surface area contributed by atoms with Gasteiger partial charge in [0.1, 0.15) is 0 Å². The van der Waals surface area contributed by atoms with E-state index in [-0.39, 0.29) is 11.5 Å². The zero-order chi connectivity index (χ0) is 15.5. The molecule has 0 aromatic heterocycles. The van der Waals surface area contributed by atoms with Gasteiger partial charge in [-0.05, 0) is 24.3 Å². The SMILES string of the molecule is COC1=CC=CC(O)(C=CC(=O)c2ccccc2)C1(O)O. The summed E-state index contributed by atoms with van der Waals surface area (Å²) in [6.07, 6.45) is 6.04. The van der Waals surface area contributed by atoms with Crippen LogP contribution in [0.1, 0.15) is 10.4 Å². The van der Waals surface area contributed by atoms with Gasteiger partial charge in [0.05, 0.1) is 7.11 Å². The fourth-order valence-corrected chi connectivity index (χ4v) is 2.00. The Hall–Kier alpha value is -2.21. The maximum atomic E-state index is 12.0. The number of carbonyl (C=O) groups is 1. The quantitative estimate of drug-likeness (QED) is 0.436. The van der Waals surface area contributed by atoms with Crippen LogP contribution in [0, 0.1) is 0 Å². The van der Waals surface area contributed by atoms with Crippen LogP contribution in [0.3, 0.4) is 0 Å². The third-order valence-electron chi connectivity index (χ3n) is 3.27. The molecule has 1 aliphatic carbocycles. The van der Waals surface area contributed by atoms with Gasteiger partial charge in [-0.2, -0.15) is 0 Å². The molecule has 1 aliphatic rings. The third-order valence-corrected chi connectivity index (χ3v) is 3.27. The number of benzene rings is 1. The predicted molar refractivity (Wildman–Crippen MR) is 76.3 cm³/mol. The number of aliphatic hydroxyl groups is 3. The zero-order valence-electron chi connectivity index (χ0n) is 11.4. The van der Waals surface area contributed by atoms with E-state index in [1.54, 1.807) is 30.3 Å². The Bertz CT molecular complexity index is 613. The first kappa shape index (κ1) is 15.2. The van der Waals surface area contributed by atoms with Gasteiger partial charge in [-0.25, -0.2) is 0 Å². The van der Waals surface area contributed by atoms with Gasteiger partial charge in [0.25, 0.3) is 5.79 Å². The fraction of sp³-hybridized carbons (Fsp3) is 0.188. The molecule has 1 unspecified atom stereocenters. The third kappa shape index (κ3) is 2.80. The van der Waals surface area contributed by atoms with Gasteiger partial charge < -0.3 is 20.1 Å². The molecule has 0 fully saturated rings. The first-order valence-electron chi connectivity index (χ1n) is 6.30. The highest BCUT2D eigenvalue weighted by Crippen LogP contribution is 2.33. The summed E-state index contributed by atoms with van der Waals surface area (Å²) in [4.78, 5) is 12.0. The van der Waals surface area contributed by atoms with E-state index in [9.17, 15) is 20.1 Å². The van der Waals surface area contributed by atoms with Crippen molar-refractivity contribution in [1.82, 2.24) is 0 Å². The molecular weight excluding hydrogens is 272 g/mol. The van der Waals surface area contributed by atoms with E-state index in [0.29, 0.717) is 5.56 Å². The molecule has 3 N–H and O–H groups in total. The number of ether oxygens (including phenoxy) is 1. The van der Waals surface area contributed by atoms with Crippen molar-refractivity contribution in [2.45, 2.75) is 11.4 Å². The van der Waals surface area contributed by atoms with Crippen molar-refractivity contribution in [3.05, 3.63) is 72.0 Å². The molecule has 0 amide bonds. The predicted octanol–water partition coefficient (Wildman–Crippen LogP) is 0.938. The van der Waals surface area contributed by atoms with Crippen LogP contribution in [0.15, 0.2) is 66.5 Å². The van der Waals surface area contributed by atoms with Crippen LogP contribution in [-0.4, -0.2) is 39.6 Å². The second-order valence-electron chi connectivity index (χ2n) is 4.66. The molecule has 21 heavy (non-hydrogen) atoms. The van der Waals surface area contributed by atoms with Crippen LogP contribution in [0.4, 0.5) is 0 Å². The fourth-order valence-electron chi connectivity index (χ4n) is 2.00. The van der Waals surface area contributed by atoms with Crippen molar-refractivity contribution in [1.29, 1.82) is 0 Å². The van der Waals surface area contributed by atoms with Crippen molar-refractivity contribution >= 4 is 5.78 Å². The standard InChI is InChI=1S/C16H16O5/c1-21-14-8-5-10-15(18,16(14,19)20)11-9-13(17)12-6-3-2-4-7-12/h2-11,18-20H,1H3. The van der Waals surface area contributed by atoms with Crippen molar-refractivity contribution in [2.75, 3.05) is 7.11 Å². The lowest BCUT2D eigenvalue weighted by Crippen LogP contribution is -2.54. The van der Waals surface area contributed by atoms with Gasteiger partial charge >= 0.3 is 0 Å². The zero-order valence-corrected chi connectivity index (χ0v) is 11.4.